The number of hydrogen-bond acceptors (Lipinski definition) is 3. The standard InChI is InChI=1S/C44H31N3/c1-44(2)37-24-20-28-12-6-7-15-32(28)42(37)36-21-19-30(26-38(36)44)31-22-23-35(34-17-9-8-16-33(31)34)43-46-40(29-13-4-3-5-14-29)27-41(47-43)39-18-10-11-25-45-39/h3-27H,1-2H3. The van der Waals surface area contributed by atoms with Gasteiger partial charge in [-0.2, -0.15) is 0 Å². The fourth-order valence-electron chi connectivity index (χ4n) is 7.39. The molecule has 2 aromatic heterocycles. The van der Waals surface area contributed by atoms with Crippen molar-refractivity contribution < 1.29 is 0 Å². The number of hydrogen-bond donors (Lipinski definition) is 0. The van der Waals surface area contributed by atoms with E-state index in [1.54, 1.807) is 0 Å². The second-order valence-corrected chi connectivity index (χ2v) is 12.8. The SMILES string of the molecule is CC1(C)c2cc(-c3ccc(-c4nc(-c5ccccc5)cc(-c5ccccn5)n4)c4ccccc34)ccc2-c2c1ccc1ccccc21. The molecule has 9 rings (SSSR count). The highest BCUT2D eigenvalue weighted by atomic mass is 14.9. The Kier molecular flexibility index (Phi) is 6.16. The molecule has 2 heterocycles. The molecule has 0 amide bonds. The highest BCUT2D eigenvalue weighted by molar-refractivity contribution is 6.06. The van der Waals surface area contributed by atoms with Gasteiger partial charge in [-0.25, -0.2) is 9.97 Å². The highest BCUT2D eigenvalue weighted by Gasteiger charge is 2.36. The molecule has 0 radical (unpaired) electrons. The molecule has 0 saturated heterocycles. The van der Waals surface area contributed by atoms with Crippen LogP contribution in [0.3, 0.4) is 0 Å². The van der Waals surface area contributed by atoms with Crippen LogP contribution in [0.1, 0.15) is 25.0 Å². The lowest BCUT2D eigenvalue weighted by Gasteiger charge is -2.22. The van der Waals surface area contributed by atoms with Crippen LogP contribution >= 0.6 is 0 Å². The van der Waals surface area contributed by atoms with Crippen LogP contribution in [-0.4, -0.2) is 15.0 Å². The van der Waals surface area contributed by atoms with Gasteiger partial charge in [0.05, 0.1) is 17.1 Å². The van der Waals surface area contributed by atoms with Crippen LogP contribution in [0.15, 0.2) is 152 Å². The molecule has 47 heavy (non-hydrogen) atoms. The molecule has 0 N–H and O–H groups in total. The molecule has 222 valence electrons. The summed E-state index contributed by atoms with van der Waals surface area (Å²) >= 11 is 0. The molecule has 1 aliphatic rings. The maximum Gasteiger partial charge on any atom is 0.161 e. The molecule has 6 aromatic carbocycles. The molecule has 8 aromatic rings. The summed E-state index contributed by atoms with van der Waals surface area (Å²) < 4.78 is 0. The van der Waals surface area contributed by atoms with Crippen LogP contribution in [0, 0.1) is 0 Å². The van der Waals surface area contributed by atoms with Gasteiger partial charge < -0.3 is 0 Å². The summed E-state index contributed by atoms with van der Waals surface area (Å²) in [6.07, 6.45) is 1.81. The third kappa shape index (κ3) is 4.39. The van der Waals surface area contributed by atoms with Crippen molar-refractivity contribution in [2.45, 2.75) is 19.3 Å². The van der Waals surface area contributed by atoms with Gasteiger partial charge in [-0.15, -0.1) is 0 Å². The van der Waals surface area contributed by atoms with E-state index in [1.165, 1.54) is 49.5 Å². The van der Waals surface area contributed by atoms with Crippen LogP contribution in [0.5, 0.6) is 0 Å². The van der Waals surface area contributed by atoms with Gasteiger partial charge in [-0.3, -0.25) is 4.98 Å². The summed E-state index contributed by atoms with van der Waals surface area (Å²) in [6.45, 7) is 4.71. The van der Waals surface area contributed by atoms with Gasteiger partial charge >= 0.3 is 0 Å². The van der Waals surface area contributed by atoms with Gasteiger partial charge in [0.25, 0.3) is 0 Å². The fourth-order valence-corrected chi connectivity index (χ4v) is 7.39. The van der Waals surface area contributed by atoms with Crippen LogP contribution in [0.2, 0.25) is 0 Å². The fraction of sp³-hybridized carbons (Fsp3) is 0.0682. The van der Waals surface area contributed by atoms with E-state index in [0.29, 0.717) is 5.82 Å². The third-order valence-electron chi connectivity index (χ3n) is 9.76. The van der Waals surface area contributed by atoms with Crippen molar-refractivity contribution in [3.63, 3.8) is 0 Å². The molecule has 3 nitrogen and oxygen atoms in total. The zero-order valence-corrected chi connectivity index (χ0v) is 26.3. The van der Waals surface area contributed by atoms with E-state index in [-0.39, 0.29) is 5.41 Å². The van der Waals surface area contributed by atoms with Gasteiger partial charge in [-0.1, -0.05) is 129 Å². The lowest BCUT2D eigenvalue weighted by molar-refractivity contribution is 0.661. The van der Waals surface area contributed by atoms with Crippen molar-refractivity contribution in [1.82, 2.24) is 15.0 Å². The van der Waals surface area contributed by atoms with Crippen molar-refractivity contribution in [3.05, 3.63) is 163 Å². The molecule has 0 fully saturated rings. The lowest BCUT2D eigenvalue weighted by Crippen LogP contribution is -2.15. The molecule has 0 unspecified atom stereocenters. The quantitative estimate of drug-likeness (QED) is 0.201. The predicted octanol–water partition coefficient (Wildman–Crippen LogP) is 11.2. The normalized spacial score (nSPS) is 13.1. The lowest BCUT2D eigenvalue weighted by atomic mass is 9.81. The van der Waals surface area contributed by atoms with Gasteiger partial charge in [0.15, 0.2) is 5.82 Å². The Hall–Kier alpha value is -5.93. The van der Waals surface area contributed by atoms with Crippen molar-refractivity contribution in [1.29, 1.82) is 0 Å². The number of benzene rings is 6. The average molecular weight is 602 g/mol. The molecular weight excluding hydrogens is 571 g/mol. The first-order valence-electron chi connectivity index (χ1n) is 16.1. The van der Waals surface area contributed by atoms with Crippen molar-refractivity contribution in [3.8, 4) is 56.3 Å². The van der Waals surface area contributed by atoms with E-state index in [0.717, 1.165) is 33.6 Å². The Morgan fingerprint density at radius 2 is 1.13 bits per heavy atom. The van der Waals surface area contributed by atoms with E-state index in [2.05, 4.69) is 122 Å². The van der Waals surface area contributed by atoms with Crippen LogP contribution in [0.4, 0.5) is 0 Å². The number of aromatic nitrogens is 3. The average Bonchev–Trinajstić information content (AvgIpc) is 3.37. The second-order valence-electron chi connectivity index (χ2n) is 12.8. The minimum atomic E-state index is -0.103. The smallest absolute Gasteiger partial charge is 0.161 e. The van der Waals surface area contributed by atoms with E-state index >= 15 is 0 Å². The third-order valence-corrected chi connectivity index (χ3v) is 9.76. The van der Waals surface area contributed by atoms with Crippen molar-refractivity contribution >= 4 is 21.5 Å². The number of fused-ring (bicyclic) bond motifs is 6. The summed E-state index contributed by atoms with van der Waals surface area (Å²) in [5, 5.41) is 4.90. The maximum absolute atomic E-state index is 5.13. The monoisotopic (exact) mass is 601 g/mol. The van der Waals surface area contributed by atoms with Crippen LogP contribution in [0.25, 0.3) is 77.8 Å². The molecule has 0 saturated carbocycles. The molecule has 0 atom stereocenters. The first kappa shape index (κ1) is 27.4. The van der Waals surface area contributed by atoms with E-state index < -0.39 is 0 Å². The Morgan fingerprint density at radius 1 is 0.447 bits per heavy atom. The van der Waals surface area contributed by atoms with Gasteiger partial charge in [0.1, 0.15) is 0 Å². The Balaban J connectivity index is 1.21. The maximum atomic E-state index is 5.13. The van der Waals surface area contributed by atoms with Gasteiger partial charge in [0.2, 0.25) is 0 Å². The zero-order chi connectivity index (χ0) is 31.5. The van der Waals surface area contributed by atoms with Crippen molar-refractivity contribution in [2.75, 3.05) is 0 Å². The molecule has 3 heteroatoms. The van der Waals surface area contributed by atoms with Gasteiger partial charge in [-0.05, 0) is 85.3 Å². The van der Waals surface area contributed by atoms with E-state index in [4.69, 9.17) is 9.97 Å². The first-order valence-corrected chi connectivity index (χ1v) is 16.1. The summed E-state index contributed by atoms with van der Waals surface area (Å²) in [6, 6.07) is 51.7. The summed E-state index contributed by atoms with van der Waals surface area (Å²) in [7, 11) is 0. The van der Waals surface area contributed by atoms with Crippen molar-refractivity contribution in [2.24, 2.45) is 0 Å². The van der Waals surface area contributed by atoms with Crippen LogP contribution < -0.4 is 0 Å². The molecule has 0 spiro atoms. The summed E-state index contributed by atoms with van der Waals surface area (Å²) in [5.74, 6) is 0.687. The number of nitrogens with zero attached hydrogens (tertiary/aromatic N) is 3. The largest absolute Gasteiger partial charge is 0.255 e. The van der Waals surface area contributed by atoms with Gasteiger partial charge in [0, 0.05) is 22.7 Å². The molecule has 0 aliphatic heterocycles. The molecule has 0 bridgehead atoms. The number of pyridine rings is 1. The minimum Gasteiger partial charge on any atom is -0.255 e. The first-order chi connectivity index (χ1) is 23.1. The van der Waals surface area contributed by atoms with E-state index in [9.17, 15) is 0 Å². The predicted molar refractivity (Wildman–Crippen MR) is 194 cm³/mol. The topological polar surface area (TPSA) is 38.7 Å². The minimum absolute atomic E-state index is 0.103. The Labute approximate surface area is 274 Å². The Bertz CT molecular complexity index is 2420. The zero-order valence-electron chi connectivity index (χ0n) is 26.3. The summed E-state index contributed by atoms with van der Waals surface area (Å²) in [4.78, 5) is 14.8. The molecular formula is C44H31N3. The second kappa shape index (κ2) is 10.6. The van der Waals surface area contributed by atoms with E-state index in [1.807, 2.05) is 48.7 Å². The molecule has 1 aliphatic carbocycles. The highest BCUT2D eigenvalue weighted by Crippen LogP contribution is 2.52. The number of rotatable bonds is 4. The summed E-state index contributed by atoms with van der Waals surface area (Å²) in [5.41, 5.74) is 12.3. The Morgan fingerprint density at radius 3 is 1.94 bits per heavy atom. The van der Waals surface area contributed by atoms with Crippen LogP contribution in [-0.2, 0) is 5.41 Å².